The molecule has 2 heterocycles. The molecule has 0 radical (unpaired) electrons. The van der Waals surface area contributed by atoms with Gasteiger partial charge in [-0.1, -0.05) is 12.1 Å². The van der Waals surface area contributed by atoms with Crippen LogP contribution >= 0.6 is 0 Å². The highest BCUT2D eigenvalue weighted by Gasteiger charge is 2.30. The van der Waals surface area contributed by atoms with E-state index in [2.05, 4.69) is 5.32 Å². The normalized spacial score (nSPS) is 15.1. The summed E-state index contributed by atoms with van der Waals surface area (Å²) in [5, 5.41) is 14.0. The number of methoxy groups -OCH3 is 1. The fourth-order valence-corrected chi connectivity index (χ4v) is 2.90. The highest BCUT2D eigenvalue weighted by atomic mass is 16.5. The van der Waals surface area contributed by atoms with Crippen molar-refractivity contribution in [3.63, 3.8) is 0 Å². The number of nitrogens with zero attached hydrogens (tertiary/aromatic N) is 1. The van der Waals surface area contributed by atoms with E-state index in [1.54, 1.807) is 21.0 Å². The molecule has 2 N–H and O–H groups in total. The second kappa shape index (κ2) is 4.24. The van der Waals surface area contributed by atoms with Gasteiger partial charge in [0.05, 0.1) is 18.2 Å². The molecule has 2 aromatic rings. The Balaban J connectivity index is 2.45. The maximum absolute atomic E-state index is 12.1. The number of carbonyl (C=O) groups excluding carboxylic acids is 1. The third kappa shape index (κ3) is 1.70. The lowest BCUT2D eigenvalue weighted by Crippen LogP contribution is -2.35. The first-order chi connectivity index (χ1) is 9.45. The second-order valence-electron chi connectivity index (χ2n) is 5.55. The van der Waals surface area contributed by atoms with Crippen molar-refractivity contribution in [1.29, 1.82) is 0 Å². The van der Waals surface area contributed by atoms with Crippen molar-refractivity contribution in [2.75, 3.05) is 13.7 Å². The van der Waals surface area contributed by atoms with Gasteiger partial charge < -0.3 is 19.7 Å². The first-order valence-electron chi connectivity index (χ1n) is 6.65. The van der Waals surface area contributed by atoms with E-state index in [1.165, 1.54) is 0 Å². The molecule has 0 aliphatic carbocycles. The lowest BCUT2D eigenvalue weighted by atomic mass is 9.94. The second-order valence-corrected chi connectivity index (χ2v) is 5.55. The zero-order valence-corrected chi connectivity index (χ0v) is 11.9. The molecule has 1 amide bonds. The molecular weight excluding hydrogens is 256 g/mol. The van der Waals surface area contributed by atoms with Crippen LogP contribution in [0.5, 0.6) is 5.75 Å². The maximum atomic E-state index is 12.1. The zero-order valence-electron chi connectivity index (χ0n) is 11.9. The number of fused-ring (bicyclic) bond motifs is 3. The minimum atomic E-state index is -0.999. The molecular formula is C15H18N2O3. The third-order valence-corrected chi connectivity index (χ3v) is 3.74. The number of hydrogen-bond donors (Lipinski definition) is 2. The van der Waals surface area contributed by atoms with Gasteiger partial charge in [-0.15, -0.1) is 0 Å². The summed E-state index contributed by atoms with van der Waals surface area (Å²) in [5.41, 5.74) is 1.22. The van der Waals surface area contributed by atoms with E-state index in [1.807, 2.05) is 22.8 Å². The number of carbonyl (C=O) groups is 1. The summed E-state index contributed by atoms with van der Waals surface area (Å²) < 4.78 is 7.44. The zero-order chi connectivity index (χ0) is 14.5. The Morgan fingerprint density at radius 1 is 1.40 bits per heavy atom. The summed E-state index contributed by atoms with van der Waals surface area (Å²) in [5.74, 6) is 0.404. The average molecular weight is 274 g/mol. The largest absolute Gasteiger partial charge is 0.494 e. The molecule has 3 rings (SSSR count). The smallest absolute Gasteiger partial charge is 0.271 e. The molecule has 5 nitrogen and oxygen atoms in total. The number of aromatic nitrogens is 1. The van der Waals surface area contributed by atoms with Gasteiger partial charge in [0, 0.05) is 18.5 Å². The van der Waals surface area contributed by atoms with Crippen molar-refractivity contribution < 1.29 is 14.6 Å². The summed E-state index contributed by atoms with van der Waals surface area (Å²) in [6.45, 7) is 4.78. The first kappa shape index (κ1) is 13.0. The molecule has 106 valence electrons. The highest BCUT2D eigenvalue weighted by Crippen LogP contribution is 2.40. The summed E-state index contributed by atoms with van der Waals surface area (Å²) in [4.78, 5) is 12.1. The summed E-state index contributed by atoms with van der Waals surface area (Å²) in [7, 11) is 1.55. The average Bonchev–Trinajstić information content (AvgIpc) is 2.73. The number of amides is 1. The lowest BCUT2D eigenvalue weighted by molar-refractivity contribution is 0.0800. The van der Waals surface area contributed by atoms with Crippen molar-refractivity contribution in [1.82, 2.24) is 9.88 Å². The van der Waals surface area contributed by atoms with Crippen LogP contribution in [0, 0.1) is 0 Å². The first-order valence-corrected chi connectivity index (χ1v) is 6.65. The summed E-state index contributed by atoms with van der Waals surface area (Å²) in [6.07, 6.45) is 0. The third-order valence-electron chi connectivity index (χ3n) is 3.74. The minimum Gasteiger partial charge on any atom is -0.494 e. The Labute approximate surface area is 117 Å². The van der Waals surface area contributed by atoms with Gasteiger partial charge in [-0.3, -0.25) is 4.79 Å². The minimum absolute atomic E-state index is 0.133. The van der Waals surface area contributed by atoms with E-state index in [-0.39, 0.29) is 5.91 Å². The van der Waals surface area contributed by atoms with Crippen molar-refractivity contribution in [3.8, 4) is 5.75 Å². The van der Waals surface area contributed by atoms with Gasteiger partial charge in [0.1, 0.15) is 0 Å². The summed E-state index contributed by atoms with van der Waals surface area (Å²) in [6, 6.07) is 5.72. The number of rotatable bonds is 2. The van der Waals surface area contributed by atoms with E-state index in [4.69, 9.17) is 4.74 Å². The van der Waals surface area contributed by atoms with E-state index in [0.29, 0.717) is 24.5 Å². The molecule has 5 heteroatoms. The van der Waals surface area contributed by atoms with Crippen LogP contribution in [0.1, 0.15) is 29.9 Å². The van der Waals surface area contributed by atoms with Crippen LogP contribution < -0.4 is 10.1 Å². The van der Waals surface area contributed by atoms with Gasteiger partial charge in [-0.25, -0.2) is 0 Å². The topological polar surface area (TPSA) is 63.5 Å². The highest BCUT2D eigenvalue weighted by molar-refractivity contribution is 6.06. The van der Waals surface area contributed by atoms with Crippen molar-refractivity contribution >= 4 is 16.8 Å². The maximum Gasteiger partial charge on any atom is 0.271 e. The van der Waals surface area contributed by atoms with Crippen LogP contribution in [0.15, 0.2) is 18.2 Å². The Morgan fingerprint density at radius 3 is 2.80 bits per heavy atom. The van der Waals surface area contributed by atoms with Crippen LogP contribution in [0.3, 0.4) is 0 Å². The molecule has 0 fully saturated rings. The molecule has 0 bridgehead atoms. The van der Waals surface area contributed by atoms with Gasteiger partial charge in [0.15, 0.2) is 11.4 Å². The van der Waals surface area contributed by atoms with Gasteiger partial charge in [0.25, 0.3) is 5.91 Å². The number of nitrogens with one attached hydrogen (secondary N) is 1. The van der Waals surface area contributed by atoms with Gasteiger partial charge >= 0.3 is 0 Å². The predicted molar refractivity (Wildman–Crippen MR) is 76.1 cm³/mol. The van der Waals surface area contributed by atoms with E-state index in [0.717, 1.165) is 16.5 Å². The molecule has 0 spiro atoms. The molecule has 1 aromatic carbocycles. The van der Waals surface area contributed by atoms with Crippen LogP contribution in [0.25, 0.3) is 10.9 Å². The standard InChI is InChI=1S/C15H18N2O3/c1-15(2,19)9-5-4-6-10-11(9)13(20-3)12-14(18)16-7-8-17(10)12/h4-6,19H,7-8H2,1-3H3,(H,16,18). The van der Waals surface area contributed by atoms with Crippen LogP contribution in [0.4, 0.5) is 0 Å². The number of benzene rings is 1. The molecule has 0 saturated heterocycles. The number of ether oxygens (including phenoxy) is 1. The molecule has 0 atom stereocenters. The Morgan fingerprint density at radius 2 is 2.15 bits per heavy atom. The molecule has 1 aromatic heterocycles. The van der Waals surface area contributed by atoms with Gasteiger partial charge in [0.2, 0.25) is 0 Å². The Hall–Kier alpha value is -2.01. The number of hydrogen-bond acceptors (Lipinski definition) is 3. The molecule has 20 heavy (non-hydrogen) atoms. The monoisotopic (exact) mass is 274 g/mol. The molecule has 0 unspecified atom stereocenters. The van der Waals surface area contributed by atoms with Crippen LogP contribution in [0.2, 0.25) is 0 Å². The van der Waals surface area contributed by atoms with E-state index < -0.39 is 5.60 Å². The summed E-state index contributed by atoms with van der Waals surface area (Å²) >= 11 is 0. The van der Waals surface area contributed by atoms with Crippen molar-refractivity contribution in [2.24, 2.45) is 0 Å². The molecule has 1 aliphatic heterocycles. The SMILES string of the molecule is COc1c2n(c3cccc(C(C)(C)O)c13)CCNC2=O. The Bertz CT molecular complexity index is 695. The van der Waals surface area contributed by atoms with Crippen molar-refractivity contribution in [3.05, 3.63) is 29.5 Å². The van der Waals surface area contributed by atoms with Crippen molar-refractivity contribution in [2.45, 2.75) is 26.0 Å². The quantitative estimate of drug-likeness (QED) is 0.874. The molecule has 0 saturated carbocycles. The van der Waals surface area contributed by atoms with Gasteiger partial charge in [-0.2, -0.15) is 0 Å². The van der Waals surface area contributed by atoms with Crippen LogP contribution in [-0.2, 0) is 12.1 Å². The fraction of sp³-hybridized carbons (Fsp3) is 0.400. The fourth-order valence-electron chi connectivity index (χ4n) is 2.90. The van der Waals surface area contributed by atoms with E-state index >= 15 is 0 Å². The Kier molecular flexibility index (Phi) is 2.76. The van der Waals surface area contributed by atoms with E-state index in [9.17, 15) is 9.90 Å². The number of aliphatic hydroxyl groups is 1. The van der Waals surface area contributed by atoms with Gasteiger partial charge in [-0.05, 0) is 25.5 Å². The molecule has 1 aliphatic rings. The lowest BCUT2D eigenvalue weighted by Gasteiger charge is -2.19. The predicted octanol–water partition coefficient (Wildman–Crippen LogP) is 1.62. The van der Waals surface area contributed by atoms with Crippen LogP contribution in [-0.4, -0.2) is 29.2 Å².